The van der Waals surface area contributed by atoms with Crippen molar-refractivity contribution in [1.29, 1.82) is 0 Å². The average molecular weight is 298 g/mol. The fourth-order valence-corrected chi connectivity index (χ4v) is 2.68. The van der Waals surface area contributed by atoms with Crippen LogP contribution in [0.2, 0.25) is 0 Å². The zero-order valence-electron chi connectivity index (χ0n) is 12.6. The van der Waals surface area contributed by atoms with E-state index in [0.717, 1.165) is 42.4 Å². The van der Waals surface area contributed by atoms with E-state index < -0.39 is 0 Å². The minimum absolute atomic E-state index is 0.0239. The molecule has 0 radical (unpaired) electrons. The summed E-state index contributed by atoms with van der Waals surface area (Å²) in [6.07, 6.45) is 1.80. The highest BCUT2D eigenvalue weighted by Gasteiger charge is 2.16. The molecule has 1 heterocycles. The first-order chi connectivity index (χ1) is 10.6. The molecule has 5 heteroatoms. The number of piperidine rings is 1. The van der Waals surface area contributed by atoms with Gasteiger partial charge in [0.25, 0.3) is 5.91 Å². The zero-order valence-corrected chi connectivity index (χ0v) is 12.6. The molecule has 3 N–H and O–H groups in total. The van der Waals surface area contributed by atoms with Gasteiger partial charge in [0.1, 0.15) is 5.75 Å². The first-order valence-electron chi connectivity index (χ1n) is 7.52. The number of amides is 1. The standard InChI is InChI=1S/C17H19N3O2/c1-20-8-6-14(7-9-20)18-19-17(22)15-10-12-4-2-3-5-13(12)11-16(15)21/h2-5,10-11,21H,6-9H2,1H3,(H,19,22)/p+1. The molecule has 0 atom stereocenters. The Morgan fingerprint density at radius 2 is 1.82 bits per heavy atom. The van der Waals surface area contributed by atoms with Crippen molar-refractivity contribution in [2.75, 3.05) is 20.1 Å². The highest BCUT2D eigenvalue weighted by molar-refractivity contribution is 6.02. The monoisotopic (exact) mass is 298 g/mol. The quantitative estimate of drug-likeness (QED) is 0.722. The molecule has 114 valence electrons. The van der Waals surface area contributed by atoms with Gasteiger partial charge in [-0.2, -0.15) is 5.10 Å². The summed E-state index contributed by atoms with van der Waals surface area (Å²) in [5, 5.41) is 16.1. The number of hydrogen-bond acceptors (Lipinski definition) is 3. The summed E-state index contributed by atoms with van der Waals surface area (Å²) in [5.74, 6) is -0.397. The number of nitrogens with one attached hydrogen (secondary N) is 2. The Bertz CT molecular complexity index is 730. The maximum Gasteiger partial charge on any atom is 0.275 e. The molecule has 3 rings (SSSR count). The number of carbonyl (C=O) groups excluding carboxylic acids is 1. The zero-order chi connectivity index (χ0) is 15.5. The molecule has 0 bridgehead atoms. The van der Waals surface area contributed by atoms with Crippen molar-refractivity contribution in [2.24, 2.45) is 5.10 Å². The maximum atomic E-state index is 12.2. The Morgan fingerprint density at radius 3 is 2.50 bits per heavy atom. The first-order valence-corrected chi connectivity index (χ1v) is 7.52. The molecular formula is C17H20N3O2+. The highest BCUT2D eigenvalue weighted by atomic mass is 16.3. The first kappa shape index (κ1) is 14.5. The molecule has 0 aliphatic carbocycles. The molecule has 1 aliphatic heterocycles. The smallest absolute Gasteiger partial charge is 0.275 e. The summed E-state index contributed by atoms with van der Waals surface area (Å²) in [5.41, 5.74) is 3.83. The van der Waals surface area contributed by atoms with E-state index in [-0.39, 0.29) is 17.2 Å². The molecule has 1 amide bonds. The molecule has 1 saturated heterocycles. The van der Waals surface area contributed by atoms with Crippen molar-refractivity contribution in [3.8, 4) is 5.75 Å². The highest BCUT2D eigenvalue weighted by Crippen LogP contribution is 2.24. The van der Waals surface area contributed by atoms with E-state index in [9.17, 15) is 9.90 Å². The van der Waals surface area contributed by atoms with Crippen LogP contribution in [-0.2, 0) is 0 Å². The van der Waals surface area contributed by atoms with Crippen LogP contribution in [0.15, 0.2) is 41.5 Å². The Kier molecular flexibility index (Phi) is 4.06. The van der Waals surface area contributed by atoms with Crippen LogP contribution in [0, 0.1) is 0 Å². The summed E-state index contributed by atoms with van der Waals surface area (Å²) in [4.78, 5) is 13.7. The number of phenols is 1. The fourth-order valence-electron chi connectivity index (χ4n) is 2.68. The van der Waals surface area contributed by atoms with Gasteiger partial charge in [-0.25, -0.2) is 5.43 Å². The third-order valence-electron chi connectivity index (χ3n) is 4.10. The largest absolute Gasteiger partial charge is 0.507 e. The summed E-state index contributed by atoms with van der Waals surface area (Å²) in [7, 11) is 2.16. The number of quaternary nitrogens is 1. The van der Waals surface area contributed by atoms with E-state index in [1.54, 1.807) is 12.1 Å². The van der Waals surface area contributed by atoms with E-state index in [0.29, 0.717) is 0 Å². The van der Waals surface area contributed by atoms with Crippen molar-refractivity contribution in [3.63, 3.8) is 0 Å². The number of phenolic OH excluding ortho intramolecular Hbond substituents is 1. The number of aromatic hydroxyl groups is 1. The maximum absolute atomic E-state index is 12.2. The van der Waals surface area contributed by atoms with Crippen LogP contribution in [-0.4, -0.2) is 36.9 Å². The molecule has 0 aromatic heterocycles. The van der Waals surface area contributed by atoms with Crippen LogP contribution in [0.3, 0.4) is 0 Å². The lowest BCUT2D eigenvalue weighted by atomic mass is 10.1. The van der Waals surface area contributed by atoms with Gasteiger partial charge in [-0.1, -0.05) is 24.3 Å². The van der Waals surface area contributed by atoms with Gasteiger partial charge >= 0.3 is 0 Å². The van der Waals surface area contributed by atoms with Gasteiger partial charge in [0, 0.05) is 18.6 Å². The molecule has 2 aromatic carbocycles. The summed E-state index contributed by atoms with van der Waals surface area (Å²) in [6, 6.07) is 10.9. The number of hydrazone groups is 1. The number of hydrogen-bond donors (Lipinski definition) is 3. The topological polar surface area (TPSA) is 66.1 Å². The van der Waals surface area contributed by atoms with Crippen LogP contribution in [0.4, 0.5) is 0 Å². The third kappa shape index (κ3) is 3.09. The van der Waals surface area contributed by atoms with Crippen LogP contribution in [0.25, 0.3) is 10.8 Å². The normalized spacial score (nSPS) is 18.2. The van der Waals surface area contributed by atoms with E-state index in [2.05, 4.69) is 17.6 Å². The SMILES string of the molecule is C[NH+]1CCC(=NNC(=O)c2cc3ccccc3cc2O)CC1. The Labute approximate surface area is 129 Å². The van der Waals surface area contributed by atoms with Crippen molar-refractivity contribution in [2.45, 2.75) is 12.8 Å². The van der Waals surface area contributed by atoms with E-state index >= 15 is 0 Å². The molecular weight excluding hydrogens is 278 g/mol. The van der Waals surface area contributed by atoms with Crippen molar-refractivity contribution >= 4 is 22.4 Å². The van der Waals surface area contributed by atoms with Crippen LogP contribution >= 0.6 is 0 Å². The Balaban J connectivity index is 1.77. The minimum Gasteiger partial charge on any atom is -0.507 e. The van der Waals surface area contributed by atoms with E-state index in [1.807, 2.05) is 24.3 Å². The average Bonchev–Trinajstić information content (AvgIpc) is 2.53. The summed E-state index contributed by atoms with van der Waals surface area (Å²) in [6.45, 7) is 2.08. The van der Waals surface area contributed by atoms with Gasteiger partial charge in [0.05, 0.1) is 25.7 Å². The van der Waals surface area contributed by atoms with Gasteiger partial charge < -0.3 is 10.0 Å². The van der Waals surface area contributed by atoms with Gasteiger partial charge in [-0.3, -0.25) is 4.79 Å². The Morgan fingerprint density at radius 1 is 1.18 bits per heavy atom. The van der Waals surface area contributed by atoms with Crippen LogP contribution in [0.5, 0.6) is 5.75 Å². The summed E-state index contributed by atoms with van der Waals surface area (Å²) >= 11 is 0. The van der Waals surface area contributed by atoms with Gasteiger partial charge in [-0.15, -0.1) is 0 Å². The molecule has 2 aromatic rings. The lowest BCUT2D eigenvalue weighted by molar-refractivity contribution is -0.880. The molecule has 0 saturated carbocycles. The lowest BCUT2D eigenvalue weighted by Gasteiger charge is -2.20. The predicted octanol–water partition coefficient (Wildman–Crippen LogP) is 0.940. The number of fused-ring (bicyclic) bond motifs is 1. The second kappa shape index (κ2) is 6.15. The van der Waals surface area contributed by atoms with E-state index in [4.69, 9.17) is 0 Å². The molecule has 5 nitrogen and oxygen atoms in total. The Hall–Kier alpha value is -2.40. The van der Waals surface area contributed by atoms with Crippen molar-refractivity contribution < 1.29 is 14.8 Å². The summed E-state index contributed by atoms with van der Waals surface area (Å²) < 4.78 is 0. The molecule has 0 spiro atoms. The lowest BCUT2D eigenvalue weighted by Crippen LogP contribution is -3.10. The third-order valence-corrected chi connectivity index (χ3v) is 4.10. The van der Waals surface area contributed by atoms with Crippen LogP contribution < -0.4 is 10.3 Å². The minimum atomic E-state index is -0.373. The molecule has 1 aliphatic rings. The molecule has 1 fully saturated rings. The van der Waals surface area contributed by atoms with E-state index in [1.165, 1.54) is 4.90 Å². The van der Waals surface area contributed by atoms with Gasteiger partial charge in [0.15, 0.2) is 0 Å². The van der Waals surface area contributed by atoms with Gasteiger partial charge in [-0.05, 0) is 22.9 Å². The number of benzene rings is 2. The second-order valence-corrected chi connectivity index (χ2v) is 5.79. The van der Waals surface area contributed by atoms with Crippen molar-refractivity contribution in [3.05, 3.63) is 42.0 Å². The number of rotatable bonds is 2. The van der Waals surface area contributed by atoms with Gasteiger partial charge in [0.2, 0.25) is 0 Å². The van der Waals surface area contributed by atoms with Crippen LogP contribution in [0.1, 0.15) is 23.2 Å². The number of carbonyl (C=O) groups is 1. The number of nitrogens with zero attached hydrogens (tertiary/aromatic N) is 1. The fraction of sp³-hybridized carbons (Fsp3) is 0.294. The second-order valence-electron chi connectivity index (χ2n) is 5.79. The number of likely N-dealkylation sites (tertiary alicyclic amines) is 1. The molecule has 0 unspecified atom stereocenters. The predicted molar refractivity (Wildman–Crippen MR) is 86.4 cm³/mol. The molecule has 22 heavy (non-hydrogen) atoms. The van der Waals surface area contributed by atoms with Crippen molar-refractivity contribution in [1.82, 2.24) is 5.43 Å².